The number of aliphatic imine (C=N–C) groups is 1. The van der Waals surface area contributed by atoms with Crippen molar-refractivity contribution in [3.05, 3.63) is 71.3 Å². The van der Waals surface area contributed by atoms with E-state index in [1.54, 1.807) is 26.1 Å². The molecule has 2 aromatic rings. The molecule has 0 atom stereocenters. The quantitative estimate of drug-likeness (QED) is 0.621. The van der Waals surface area contributed by atoms with Crippen LogP contribution in [0, 0.1) is 0 Å². The Morgan fingerprint density at radius 1 is 1.00 bits per heavy atom. The van der Waals surface area contributed by atoms with Gasteiger partial charge in [0.25, 0.3) is 0 Å². The van der Waals surface area contributed by atoms with Gasteiger partial charge in [-0.25, -0.2) is 4.79 Å². The SMILES string of the molecule is CCOC(=O)c1ccc(CC(=NC)c2ccccc2)cc1. The number of rotatable bonds is 5. The summed E-state index contributed by atoms with van der Waals surface area (Å²) in [7, 11) is 1.80. The van der Waals surface area contributed by atoms with E-state index in [9.17, 15) is 4.79 Å². The van der Waals surface area contributed by atoms with Crippen molar-refractivity contribution in [2.75, 3.05) is 13.7 Å². The summed E-state index contributed by atoms with van der Waals surface area (Å²) in [5, 5.41) is 0. The van der Waals surface area contributed by atoms with E-state index in [2.05, 4.69) is 17.1 Å². The van der Waals surface area contributed by atoms with Crippen LogP contribution in [0.25, 0.3) is 0 Å². The minimum absolute atomic E-state index is 0.281. The summed E-state index contributed by atoms with van der Waals surface area (Å²) in [4.78, 5) is 16.0. The zero-order chi connectivity index (χ0) is 15.1. The minimum atomic E-state index is -0.281. The summed E-state index contributed by atoms with van der Waals surface area (Å²) in [6.45, 7) is 2.19. The van der Waals surface area contributed by atoms with Crippen molar-refractivity contribution < 1.29 is 9.53 Å². The van der Waals surface area contributed by atoms with Gasteiger partial charge in [-0.2, -0.15) is 0 Å². The van der Waals surface area contributed by atoms with E-state index >= 15 is 0 Å². The molecular weight excluding hydrogens is 262 g/mol. The Bertz CT molecular complexity index is 615. The maximum absolute atomic E-state index is 11.6. The van der Waals surface area contributed by atoms with Crippen LogP contribution in [0.2, 0.25) is 0 Å². The largest absolute Gasteiger partial charge is 0.462 e. The molecule has 0 bridgehead atoms. The summed E-state index contributed by atoms with van der Waals surface area (Å²) in [6, 6.07) is 17.6. The summed E-state index contributed by atoms with van der Waals surface area (Å²) < 4.78 is 4.98. The minimum Gasteiger partial charge on any atom is -0.462 e. The van der Waals surface area contributed by atoms with Crippen molar-refractivity contribution in [3.63, 3.8) is 0 Å². The van der Waals surface area contributed by atoms with Gasteiger partial charge in [0, 0.05) is 19.2 Å². The average Bonchev–Trinajstić information content (AvgIpc) is 2.54. The molecule has 0 saturated carbocycles. The zero-order valence-electron chi connectivity index (χ0n) is 12.4. The molecule has 0 heterocycles. The van der Waals surface area contributed by atoms with Gasteiger partial charge in [0.05, 0.1) is 12.2 Å². The Morgan fingerprint density at radius 3 is 2.24 bits per heavy atom. The second-order valence-corrected chi connectivity index (χ2v) is 4.63. The Balaban J connectivity index is 2.11. The molecule has 0 aliphatic heterocycles. The molecule has 108 valence electrons. The van der Waals surface area contributed by atoms with E-state index in [0.29, 0.717) is 12.2 Å². The second kappa shape index (κ2) is 7.39. The monoisotopic (exact) mass is 281 g/mol. The van der Waals surface area contributed by atoms with E-state index < -0.39 is 0 Å². The first-order chi connectivity index (χ1) is 10.2. The summed E-state index contributed by atoms with van der Waals surface area (Å²) in [5.74, 6) is -0.281. The first-order valence-electron chi connectivity index (χ1n) is 7.01. The smallest absolute Gasteiger partial charge is 0.338 e. The van der Waals surface area contributed by atoms with Crippen LogP contribution < -0.4 is 0 Å². The standard InChI is InChI=1S/C18H19NO2/c1-3-21-18(20)16-11-9-14(10-12-16)13-17(19-2)15-7-5-4-6-8-15/h4-12H,3,13H2,1-2H3. The van der Waals surface area contributed by atoms with Crippen LogP contribution in [-0.2, 0) is 11.2 Å². The van der Waals surface area contributed by atoms with Crippen LogP contribution in [0.5, 0.6) is 0 Å². The number of esters is 1. The summed E-state index contributed by atoms with van der Waals surface area (Å²) in [5.41, 5.74) is 3.84. The van der Waals surface area contributed by atoms with Gasteiger partial charge in [-0.15, -0.1) is 0 Å². The van der Waals surface area contributed by atoms with Crippen LogP contribution in [0.3, 0.4) is 0 Å². The van der Waals surface area contributed by atoms with Crippen molar-refractivity contribution in [2.24, 2.45) is 4.99 Å². The van der Waals surface area contributed by atoms with E-state index in [-0.39, 0.29) is 5.97 Å². The van der Waals surface area contributed by atoms with Crippen LogP contribution in [-0.4, -0.2) is 25.3 Å². The number of nitrogens with zero attached hydrogens (tertiary/aromatic N) is 1. The van der Waals surface area contributed by atoms with Crippen LogP contribution >= 0.6 is 0 Å². The van der Waals surface area contributed by atoms with Crippen LogP contribution in [0.1, 0.15) is 28.4 Å². The molecule has 21 heavy (non-hydrogen) atoms. The molecule has 3 heteroatoms. The fourth-order valence-corrected chi connectivity index (χ4v) is 2.11. The topological polar surface area (TPSA) is 38.7 Å². The Morgan fingerprint density at radius 2 is 1.67 bits per heavy atom. The third-order valence-electron chi connectivity index (χ3n) is 3.21. The van der Waals surface area contributed by atoms with E-state index in [0.717, 1.165) is 23.3 Å². The molecule has 0 fully saturated rings. The third-order valence-corrected chi connectivity index (χ3v) is 3.21. The first-order valence-corrected chi connectivity index (χ1v) is 7.01. The predicted octanol–water partition coefficient (Wildman–Crippen LogP) is 3.52. The molecule has 0 aliphatic carbocycles. The van der Waals surface area contributed by atoms with Gasteiger partial charge in [0.1, 0.15) is 0 Å². The van der Waals surface area contributed by atoms with Crippen LogP contribution in [0.4, 0.5) is 0 Å². The van der Waals surface area contributed by atoms with Gasteiger partial charge in [-0.05, 0) is 30.2 Å². The lowest BCUT2D eigenvalue weighted by atomic mass is 10.0. The van der Waals surface area contributed by atoms with E-state index in [1.807, 2.05) is 30.3 Å². The van der Waals surface area contributed by atoms with Crippen LogP contribution in [0.15, 0.2) is 59.6 Å². The first kappa shape index (κ1) is 15.0. The lowest BCUT2D eigenvalue weighted by Gasteiger charge is -2.07. The lowest BCUT2D eigenvalue weighted by molar-refractivity contribution is 0.0526. The summed E-state index contributed by atoms with van der Waals surface area (Å²) in [6.07, 6.45) is 0.740. The van der Waals surface area contributed by atoms with Crippen molar-refractivity contribution >= 4 is 11.7 Å². The maximum atomic E-state index is 11.6. The van der Waals surface area contributed by atoms with Gasteiger partial charge in [-0.1, -0.05) is 42.5 Å². The molecule has 0 aliphatic rings. The molecule has 0 aromatic heterocycles. The Labute approximate surface area is 125 Å². The molecule has 2 rings (SSSR count). The van der Waals surface area contributed by atoms with E-state index in [1.165, 1.54) is 0 Å². The number of ether oxygens (including phenoxy) is 1. The maximum Gasteiger partial charge on any atom is 0.338 e. The summed E-state index contributed by atoms with van der Waals surface area (Å²) >= 11 is 0. The van der Waals surface area contributed by atoms with Crippen molar-refractivity contribution in [3.8, 4) is 0 Å². The van der Waals surface area contributed by atoms with Gasteiger partial charge in [0.2, 0.25) is 0 Å². The molecule has 0 N–H and O–H groups in total. The number of hydrogen-bond acceptors (Lipinski definition) is 3. The number of carbonyl (C=O) groups excluding carboxylic acids is 1. The Kier molecular flexibility index (Phi) is 5.27. The zero-order valence-corrected chi connectivity index (χ0v) is 12.4. The molecule has 0 saturated heterocycles. The fraction of sp³-hybridized carbons (Fsp3) is 0.222. The average molecular weight is 281 g/mol. The normalized spacial score (nSPS) is 11.2. The van der Waals surface area contributed by atoms with Crippen molar-refractivity contribution in [2.45, 2.75) is 13.3 Å². The molecule has 0 radical (unpaired) electrons. The molecule has 2 aromatic carbocycles. The van der Waals surface area contributed by atoms with Gasteiger partial charge >= 0.3 is 5.97 Å². The lowest BCUT2D eigenvalue weighted by Crippen LogP contribution is -2.07. The highest BCUT2D eigenvalue weighted by Crippen LogP contribution is 2.11. The van der Waals surface area contributed by atoms with Gasteiger partial charge < -0.3 is 4.74 Å². The van der Waals surface area contributed by atoms with Gasteiger partial charge in [-0.3, -0.25) is 4.99 Å². The number of benzene rings is 2. The highest BCUT2D eigenvalue weighted by Gasteiger charge is 2.07. The van der Waals surface area contributed by atoms with Crippen molar-refractivity contribution in [1.82, 2.24) is 0 Å². The highest BCUT2D eigenvalue weighted by atomic mass is 16.5. The number of hydrogen-bond donors (Lipinski definition) is 0. The third kappa shape index (κ3) is 4.02. The molecule has 0 spiro atoms. The molecule has 3 nitrogen and oxygen atoms in total. The predicted molar refractivity (Wildman–Crippen MR) is 85.0 cm³/mol. The van der Waals surface area contributed by atoms with E-state index in [4.69, 9.17) is 4.74 Å². The Hall–Kier alpha value is -2.42. The van der Waals surface area contributed by atoms with Gasteiger partial charge in [0.15, 0.2) is 0 Å². The van der Waals surface area contributed by atoms with Crippen molar-refractivity contribution in [1.29, 1.82) is 0 Å². The fourth-order valence-electron chi connectivity index (χ4n) is 2.11. The highest BCUT2D eigenvalue weighted by molar-refractivity contribution is 6.01. The second-order valence-electron chi connectivity index (χ2n) is 4.63. The number of carbonyl (C=O) groups is 1. The molecule has 0 unspecified atom stereocenters. The molecule has 0 amide bonds. The molecular formula is C18H19NO2.